The molecule has 0 radical (unpaired) electrons. The van der Waals surface area contributed by atoms with Crippen molar-refractivity contribution in [2.45, 2.75) is 62.7 Å². The molecule has 4 rings (SSSR count). The molecule has 4 heteroatoms. The number of benzene rings is 1. The van der Waals surface area contributed by atoms with Crippen molar-refractivity contribution in [2.24, 2.45) is 0 Å². The first-order valence-corrected chi connectivity index (χ1v) is 10.1. The van der Waals surface area contributed by atoms with Gasteiger partial charge in [-0.1, -0.05) is 30.3 Å². The first-order valence-electron chi connectivity index (χ1n) is 10.1. The molecule has 0 amide bonds. The van der Waals surface area contributed by atoms with Gasteiger partial charge in [0.2, 0.25) is 0 Å². The van der Waals surface area contributed by atoms with E-state index in [2.05, 4.69) is 52.8 Å². The summed E-state index contributed by atoms with van der Waals surface area (Å²) in [6.45, 7) is 7.61. The number of rotatable bonds is 7. The fourth-order valence-corrected chi connectivity index (χ4v) is 4.48. The number of likely N-dealkylation sites (tertiary alicyclic amines) is 1. The minimum atomic E-state index is 0.153. The second-order valence-electron chi connectivity index (χ2n) is 8.26. The molecule has 2 aliphatic heterocycles. The first-order chi connectivity index (χ1) is 12.2. The summed E-state index contributed by atoms with van der Waals surface area (Å²) in [6.07, 6.45) is 6.33. The van der Waals surface area contributed by atoms with Crippen LogP contribution in [0.15, 0.2) is 30.3 Å². The summed E-state index contributed by atoms with van der Waals surface area (Å²) in [7, 11) is 0. The molecule has 0 bridgehead atoms. The summed E-state index contributed by atoms with van der Waals surface area (Å²) in [4.78, 5) is 2.69. The van der Waals surface area contributed by atoms with Crippen molar-refractivity contribution in [1.29, 1.82) is 0 Å². The quantitative estimate of drug-likeness (QED) is 0.798. The van der Waals surface area contributed by atoms with E-state index in [9.17, 15) is 0 Å². The minimum absolute atomic E-state index is 0.153. The Balaban J connectivity index is 1.35. The Morgan fingerprint density at radius 1 is 1.16 bits per heavy atom. The lowest BCUT2D eigenvalue weighted by Gasteiger charge is -2.41. The van der Waals surface area contributed by atoms with Gasteiger partial charge in [0, 0.05) is 56.5 Å². The lowest BCUT2D eigenvalue weighted by Crippen LogP contribution is -2.57. The van der Waals surface area contributed by atoms with Crippen LogP contribution >= 0.6 is 0 Å². The highest BCUT2D eigenvalue weighted by molar-refractivity contribution is 5.19. The molecule has 2 atom stereocenters. The molecule has 1 aromatic carbocycles. The summed E-state index contributed by atoms with van der Waals surface area (Å²) < 4.78 is 5.66. The van der Waals surface area contributed by atoms with Crippen LogP contribution in [-0.2, 0) is 4.74 Å². The van der Waals surface area contributed by atoms with Gasteiger partial charge >= 0.3 is 0 Å². The molecule has 138 valence electrons. The van der Waals surface area contributed by atoms with Gasteiger partial charge in [-0.3, -0.25) is 4.90 Å². The summed E-state index contributed by atoms with van der Waals surface area (Å²) in [5, 5.41) is 7.86. The number of nitrogens with one attached hydrogen (secondary N) is 2. The van der Waals surface area contributed by atoms with Gasteiger partial charge in [0.05, 0.1) is 0 Å². The third-order valence-corrected chi connectivity index (χ3v) is 6.28. The highest BCUT2D eigenvalue weighted by Gasteiger charge is 2.37. The van der Waals surface area contributed by atoms with Crippen LogP contribution in [0.3, 0.4) is 0 Å². The van der Waals surface area contributed by atoms with E-state index in [0.717, 1.165) is 38.6 Å². The lowest BCUT2D eigenvalue weighted by molar-refractivity contribution is 0.0328. The Morgan fingerprint density at radius 2 is 1.92 bits per heavy atom. The van der Waals surface area contributed by atoms with Gasteiger partial charge in [0.15, 0.2) is 0 Å². The van der Waals surface area contributed by atoms with E-state index in [1.165, 1.54) is 37.9 Å². The zero-order valence-corrected chi connectivity index (χ0v) is 15.5. The first kappa shape index (κ1) is 17.5. The van der Waals surface area contributed by atoms with Gasteiger partial charge in [-0.15, -0.1) is 0 Å². The molecule has 3 fully saturated rings. The van der Waals surface area contributed by atoms with Crippen LogP contribution in [0.4, 0.5) is 0 Å². The maximum Gasteiger partial charge on any atom is 0.0484 e. The van der Waals surface area contributed by atoms with Crippen molar-refractivity contribution in [2.75, 3.05) is 32.8 Å². The molecule has 0 aromatic heterocycles. The van der Waals surface area contributed by atoms with Crippen LogP contribution in [0.2, 0.25) is 0 Å². The van der Waals surface area contributed by atoms with Gasteiger partial charge < -0.3 is 15.4 Å². The van der Waals surface area contributed by atoms with E-state index in [-0.39, 0.29) is 5.54 Å². The average molecular weight is 344 g/mol. The van der Waals surface area contributed by atoms with Gasteiger partial charge in [0.25, 0.3) is 0 Å². The maximum atomic E-state index is 5.66. The minimum Gasteiger partial charge on any atom is -0.381 e. The third kappa shape index (κ3) is 4.43. The van der Waals surface area contributed by atoms with Crippen LogP contribution in [0.5, 0.6) is 0 Å². The molecule has 25 heavy (non-hydrogen) atoms. The number of ether oxygens (including phenoxy) is 1. The standard InChI is InChI=1S/C21H33N3O/c1-17(18-5-3-2-4-6-18)23-21(10-13-25-14-11-21)16-22-19-9-12-24(15-19)20-7-8-20/h2-6,17,19-20,22-23H,7-16H2,1H3/t17-,19-/m0/s1. The van der Waals surface area contributed by atoms with E-state index in [1.807, 2.05) is 0 Å². The fraction of sp³-hybridized carbons (Fsp3) is 0.714. The molecular formula is C21H33N3O. The van der Waals surface area contributed by atoms with E-state index >= 15 is 0 Å². The van der Waals surface area contributed by atoms with Gasteiger partial charge in [-0.2, -0.15) is 0 Å². The van der Waals surface area contributed by atoms with Gasteiger partial charge in [-0.05, 0) is 44.6 Å². The van der Waals surface area contributed by atoms with Crippen LogP contribution < -0.4 is 10.6 Å². The largest absolute Gasteiger partial charge is 0.381 e. The average Bonchev–Trinajstić information content (AvgIpc) is 3.40. The van der Waals surface area contributed by atoms with E-state index in [4.69, 9.17) is 4.74 Å². The summed E-state index contributed by atoms with van der Waals surface area (Å²) in [6, 6.07) is 12.7. The van der Waals surface area contributed by atoms with Crippen molar-refractivity contribution >= 4 is 0 Å². The maximum absolute atomic E-state index is 5.66. The lowest BCUT2D eigenvalue weighted by atomic mass is 9.88. The molecule has 3 aliphatic rings. The highest BCUT2D eigenvalue weighted by Crippen LogP contribution is 2.30. The molecular weight excluding hydrogens is 310 g/mol. The number of hydrogen-bond acceptors (Lipinski definition) is 4. The molecule has 4 nitrogen and oxygen atoms in total. The summed E-state index contributed by atoms with van der Waals surface area (Å²) in [5.74, 6) is 0. The van der Waals surface area contributed by atoms with Crippen LogP contribution in [0.25, 0.3) is 0 Å². The second kappa shape index (κ2) is 7.75. The van der Waals surface area contributed by atoms with Crippen molar-refractivity contribution < 1.29 is 4.74 Å². The number of hydrogen-bond donors (Lipinski definition) is 2. The molecule has 1 aliphatic carbocycles. The van der Waals surface area contributed by atoms with E-state index in [1.54, 1.807) is 0 Å². The van der Waals surface area contributed by atoms with Crippen molar-refractivity contribution in [3.8, 4) is 0 Å². The molecule has 2 N–H and O–H groups in total. The third-order valence-electron chi connectivity index (χ3n) is 6.28. The van der Waals surface area contributed by atoms with Gasteiger partial charge in [-0.25, -0.2) is 0 Å². The van der Waals surface area contributed by atoms with Gasteiger partial charge in [0.1, 0.15) is 0 Å². The SMILES string of the molecule is C[C@H](NC1(CN[C@H]2CCN(C3CC3)C2)CCOCC1)c1ccccc1. The Labute approximate surface area is 152 Å². The predicted molar refractivity (Wildman–Crippen MR) is 102 cm³/mol. The molecule has 1 saturated carbocycles. The molecule has 1 aromatic rings. The molecule has 0 unspecified atom stereocenters. The highest BCUT2D eigenvalue weighted by atomic mass is 16.5. The van der Waals surface area contributed by atoms with Crippen molar-refractivity contribution in [3.05, 3.63) is 35.9 Å². The molecule has 0 spiro atoms. The zero-order chi connectivity index (χ0) is 17.1. The van der Waals surface area contributed by atoms with E-state index < -0.39 is 0 Å². The van der Waals surface area contributed by atoms with Crippen LogP contribution in [-0.4, -0.2) is 55.4 Å². The summed E-state index contributed by atoms with van der Waals surface area (Å²) >= 11 is 0. The Hall–Kier alpha value is -0.940. The van der Waals surface area contributed by atoms with Crippen LogP contribution in [0.1, 0.15) is 50.6 Å². The zero-order valence-electron chi connectivity index (χ0n) is 15.5. The molecule has 2 heterocycles. The molecule has 2 saturated heterocycles. The second-order valence-corrected chi connectivity index (χ2v) is 8.26. The van der Waals surface area contributed by atoms with E-state index in [0.29, 0.717) is 12.1 Å². The Kier molecular flexibility index (Phi) is 5.41. The number of nitrogens with zero attached hydrogens (tertiary/aromatic N) is 1. The smallest absolute Gasteiger partial charge is 0.0484 e. The Bertz CT molecular complexity index is 539. The summed E-state index contributed by atoms with van der Waals surface area (Å²) in [5.41, 5.74) is 1.52. The fourth-order valence-electron chi connectivity index (χ4n) is 4.48. The predicted octanol–water partition coefficient (Wildman–Crippen LogP) is 2.71. The normalized spacial score (nSPS) is 28.1. The van der Waals surface area contributed by atoms with Crippen molar-refractivity contribution in [3.63, 3.8) is 0 Å². The Morgan fingerprint density at radius 3 is 2.64 bits per heavy atom. The van der Waals surface area contributed by atoms with Crippen molar-refractivity contribution in [1.82, 2.24) is 15.5 Å². The van der Waals surface area contributed by atoms with Crippen LogP contribution in [0, 0.1) is 0 Å². The monoisotopic (exact) mass is 343 g/mol. The topological polar surface area (TPSA) is 36.5 Å².